The zero-order chi connectivity index (χ0) is 19.3. The predicted molar refractivity (Wildman–Crippen MR) is 109 cm³/mol. The number of nitrogens with one attached hydrogen (secondary N) is 1. The molecule has 5 nitrogen and oxygen atoms in total. The van der Waals surface area contributed by atoms with Crippen LogP contribution in [0.15, 0.2) is 67.0 Å². The molecule has 28 heavy (non-hydrogen) atoms. The average Bonchev–Trinajstić information content (AvgIpc) is 2.77. The molecule has 0 fully saturated rings. The van der Waals surface area contributed by atoms with Crippen molar-refractivity contribution in [2.24, 2.45) is 0 Å². The monoisotopic (exact) mass is 373 g/mol. The molecule has 0 radical (unpaired) electrons. The van der Waals surface area contributed by atoms with Gasteiger partial charge in [-0.25, -0.2) is 0 Å². The number of rotatable bonds is 5. The van der Waals surface area contributed by atoms with Crippen LogP contribution < -0.4 is 10.1 Å². The van der Waals surface area contributed by atoms with E-state index in [1.807, 2.05) is 41.3 Å². The van der Waals surface area contributed by atoms with Gasteiger partial charge < -0.3 is 15.0 Å². The van der Waals surface area contributed by atoms with Crippen molar-refractivity contribution in [1.82, 2.24) is 9.88 Å². The summed E-state index contributed by atoms with van der Waals surface area (Å²) in [4.78, 5) is 19.1. The van der Waals surface area contributed by atoms with Crippen LogP contribution in [0.4, 0.5) is 5.69 Å². The molecule has 0 aliphatic carbocycles. The van der Waals surface area contributed by atoms with Gasteiger partial charge in [-0.05, 0) is 41.3 Å². The van der Waals surface area contributed by atoms with Crippen LogP contribution >= 0.6 is 0 Å². The fraction of sp³-hybridized carbons (Fsp3) is 0.217. The molecule has 0 spiro atoms. The number of amides is 1. The fourth-order valence-corrected chi connectivity index (χ4v) is 3.45. The summed E-state index contributed by atoms with van der Waals surface area (Å²) in [5.74, 6) is 0.858. The number of ether oxygens (including phenoxy) is 1. The number of benzene rings is 2. The van der Waals surface area contributed by atoms with Gasteiger partial charge in [0.15, 0.2) is 0 Å². The molecule has 1 aromatic heterocycles. The van der Waals surface area contributed by atoms with Gasteiger partial charge in [0.05, 0.1) is 18.4 Å². The smallest absolute Gasteiger partial charge is 0.255 e. The average molecular weight is 373 g/mol. The van der Waals surface area contributed by atoms with E-state index < -0.39 is 0 Å². The summed E-state index contributed by atoms with van der Waals surface area (Å²) in [6, 6.07) is 18.1. The molecule has 2 aromatic carbocycles. The van der Waals surface area contributed by atoms with Gasteiger partial charge in [0.1, 0.15) is 5.75 Å². The number of hydrogen-bond donors (Lipinski definition) is 1. The van der Waals surface area contributed by atoms with Gasteiger partial charge in [-0.15, -0.1) is 0 Å². The summed E-state index contributed by atoms with van der Waals surface area (Å²) >= 11 is 0. The van der Waals surface area contributed by atoms with E-state index in [4.69, 9.17) is 4.74 Å². The highest BCUT2D eigenvalue weighted by Crippen LogP contribution is 2.21. The lowest BCUT2D eigenvalue weighted by molar-refractivity contribution is 0.0734. The number of nitrogens with zero attached hydrogens (tertiary/aromatic N) is 2. The largest absolute Gasteiger partial charge is 0.497 e. The zero-order valence-electron chi connectivity index (χ0n) is 15.9. The predicted octanol–water partition coefficient (Wildman–Crippen LogP) is 3.90. The van der Waals surface area contributed by atoms with E-state index in [0.717, 1.165) is 30.0 Å². The Bertz CT molecular complexity index is 970. The summed E-state index contributed by atoms with van der Waals surface area (Å²) in [5, 5.41) is 3.34. The minimum absolute atomic E-state index is 0.0232. The maximum Gasteiger partial charge on any atom is 0.255 e. The van der Waals surface area contributed by atoms with Gasteiger partial charge >= 0.3 is 0 Å². The SMILES string of the molecule is COc1ccc(CNc2cncc(C(=O)N3CCc4ccccc4C3)c2)cc1. The van der Waals surface area contributed by atoms with Crippen molar-refractivity contribution < 1.29 is 9.53 Å². The van der Waals surface area contributed by atoms with Crippen LogP contribution in [0, 0.1) is 0 Å². The molecule has 2 heterocycles. The Morgan fingerprint density at radius 2 is 1.89 bits per heavy atom. The number of aromatic nitrogens is 1. The lowest BCUT2D eigenvalue weighted by atomic mass is 9.99. The zero-order valence-corrected chi connectivity index (χ0v) is 15.9. The van der Waals surface area contributed by atoms with Crippen LogP contribution in [0.1, 0.15) is 27.0 Å². The standard InChI is InChI=1S/C23H23N3O2/c1-28-22-8-6-17(7-9-22)13-25-21-12-20(14-24-15-21)23(27)26-11-10-18-4-2-3-5-19(18)16-26/h2-9,12,14-15,25H,10-11,13,16H2,1H3. The first kappa shape index (κ1) is 18.0. The minimum atomic E-state index is 0.0232. The summed E-state index contributed by atoms with van der Waals surface area (Å²) in [6.45, 7) is 2.04. The molecule has 1 aliphatic heterocycles. The van der Waals surface area contributed by atoms with E-state index in [-0.39, 0.29) is 5.91 Å². The van der Waals surface area contributed by atoms with E-state index in [9.17, 15) is 4.79 Å². The van der Waals surface area contributed by atoms with Crippen molar-refractivity contribution in [3.05, 3.63) is 89.2 Å². The number of anilines is 1. The van der Waals surface area contributed by atoms with Crippen molar-refractivity contribution in [3.63, 3.8) is 0 Å². The van der Waals surface area contributed by atoms with Crippen LogP contribution in [0.2, 0.25) is 0 Å². The third-order valence-electron chi connectivity index (χ3n) is 5.06. The molecule has 1 N–H and O–H groups in total. The maximum atomic E-state index is 13.0. The normalized spacial score (nSPS) is 13.0. The van der Waals surface area contributed by atoms with Crippen molar-refractivity contribution in [1.29, 1.82) is 0 Å². The van der Waals surface area contributed by atoms with Gasteiger partial charge in [-0.2, -0.15) is 0 Å². The van der Waals surface area contributed by atoms with Crippen molar-refractivity contribution in [3.8, 4) is 5.75 Å². The number of carbonyl (C=O) groups excluding carboxylic acids is 1. The topological polar surface area (TPSA) is 54.5 Å². The Morgan fingerprint density at radius 3 is 2.68 bits per heavy atom. The van der Waals surface area contributed by atoms with Gasteiger partial charge in [0.2, 0.25) is 0 Å². The highest BCUT2D eigenvalue weighted by Gasteiger charge is 2.21. The first-order valence-corrected chi connectivity index (χ1v) is 9.41. The number of carbonyl (C=O) groups is 1. The Hall–Kier alpha value is -3.34. The van der Waals surface area contributed by atoms with Crippen LogP contribution in [-0.2, 0) is 19.5 Å². The molecular formula is C23H23N3O2. The van der Waals surface area contributed by atoms with Crippen LogP contribution in [0.25, 0.3) is 0 Å². The number of hydrogen-bond acceptors (Lipinski definition) is 4. The molecule has 0 unspecified atom stereocenters. The van der Waals surface area contributed by atoms with Crippen molar-refractivity contribution in [2.45, 2.75) is 19.5 Å². The molecule has 0 saturated carbocycles. The Balaban J connectivity index is 1.42. The minimum Gasteiger partial charge on any atom is -0.497 e. The fourth-order valence-electron chi connectivity index (χ4n) is 3.45. The van der Waals surface area contributed by atoms with E-state index >= 15 is 0 Å². The highest BCUT2D eigenvalue weighted by atomic mass is 16.5. The number of fused-ring (bicyclic) bond motifs is 1. The molecular weight excluding hydrogens is 350 g/mol. The molecule has 5 heteroatoms. The number of methoxy groups -OCH3 is 1. The Labute approximate surface area is 165 Å². The van der Waals surface area contributed by atoms with Gasteiger partial charge in [-0.3, -0.25) is 9.78 Å². The lowest BCUT2D eigenvalue weighted by Crippen LogP contribution is -2.36. The van der Waals surface area contributed by atoms with E-state index in [1.54, 1.807) is 19.5 Å². The third kappa shape index (κ3) is 3.98. The second-order valence-corrected chi connectivity index (χ2v) is 6.91. The second kappa shape index (κ2) is 8.13. The van der Waals surface area contributed by atoms with Gasteiger partial charge in [0.25, 0.3) is 5.91 Å². The van der Waals surface area contributed by atoms with Crippen molar-refractivity contribution >= 4 is 11.6 Å². The number of pyridine rings is 1. The van der Waals surface area contributed by atoms with Crippen molar-refractivity contribution in [2.75, 3.05) is 19.0 Å². The molecule has 0 saturated heterocycles. The maximum absolute atomic E-state index is 13.0. The molecule has 1 amide bonds. The highest BCUT2D eigenvalue weighted by molar-refractivity contribution is 5.94. The van der Waals surface area contributed by atoms with E-state index in [2.05, 4.69) is 28.5 Å². The third-order valence-corrected chi connectivity index (χ3v) is 5.06. The van der Waals surface area contributed by atoms with E-state index in [1.165, 1.54) is 11.1 Å². The van der Waals surface area contributed by atoms with Crippen LogP contribution in [-0.4, -0.2) is 29.4 Å². The molecule has 4 rings (SSSR count). The molecule has 0 atom stereocenters. The molecule has 0 bridgehead atoms. The second-order valence-electron chi connectivity index (χ2n) is 6.91. The molecule has 1 aliphatic rings. The summed E-state index contributed by atoms with van der Waals surface area (Å²) in [7, 11) is 1.66. The van der Waals surface area contributed by atoms with Gasteiger partial charge in [0, 0.05) is 32.0 Å². The lowest BCUT2D eigenvalue weighted by Gasteiger charge is -2.29. The Morgan fingerprint density at radius 1 is 1.11 bits per heavy atom. The molecule has 3 aromatic rings. The first-order chi connectivity index (χ1) is 13.7. The summed E-state index contributed by atoms with van der Waals surface area (Å²) < 4.78 is 5.18. The van der Waals surface area contributed by atoms with Crippen LogP contribution in [0.3, 0.4) is 0 Å². The summed E-state index contributed by atoms with van der Waals surface area (Å²) in [5.41, 5.74) is 5.13. The quantitative estimate of drug-likeness (QED) is 0.737. The van der Waals surface area contributed by atoms with E-state index in [0.29, 0.717) is 18.7 Å². The summed E-state index contributed by atoms with van der Waals surface area (Å²) in [6.07, 6.45) is 4.28. The van der Waals surface area contributed by atoms with Crippen LogP contribution in [0.5, 0.6) is 5.75 Å². The Kier molecular flexibility index (Phi) is 5.24. The molecule has 142 valence electrons. The first-order valence-electron chi connectivity index (χ1n) is 9.41. The van der Waals surface area contributed by atoms with Gasteiger partial charge in [-0.1, -0.05) is 36.4 Å².